The molecular weight excluding hydrogens is 338 g/mol. The molecule has 0 saturated heterocycles. The van der Waals surface area contributed by atoms with Gasteiger partial charge in [0, 0.05) is 12.7 Å². The Hall–Kier alpha value is -0.890. The van der Waals surface area contributed by atoms with Gasteiger partial charge in [0.25, 0.3) is 0 Å². The van der Waals surface area contributed by atoms with E-state index in [1.807, 2.05) is 0 Å². The lowest BCUT2D eigenvalue weighted by Crippen LogP contribution is -2.07. The Labute approximate surface area is 168 Å². The molecule has 160 valence electrons. The monoisotopic (exact) mass is 383 g/mol. The highest BCUT2D eigenvalue weighted by Crippen LogP contribution is 2.12. The maximum absolute atomic E-state index is 8.54. The summed E-state index contributed by atoms with van der Waals surface area (Å²) in [6.45, 7) is 8.01. The van der Waals surface area contributed by atoms with Crippen LogP contribution in [0.15, 0.2) is 12.7 Å². The van der Waals surface area contributed by atoms with E-state index in [0.29, 0.717) is 19.8 Å². The summed E-state index contributed by atoms with van der Waals surface area (Å²) in [6, 6.07) is 1.69. The maximum atomic E-state index is 8.54. The fourth-order valence-electron chi connectivity index (χ4n) is 2.79. The number of hydrogen-bond acceptors (Lipinski definition) is 4. The van der Waals surface area contributed by atoms with Crippen molar-refractivity contribution in [3.8, 4) is 6.07 Å². The molecule has 0 heterocycles. The molecule has 0 radical (unpaired) electrons. The van der Waals surface area contributed by atoms with Crippen molar-refractivity contribution in [2.45, 2.75) is 96.8 Å². The Balaban J connectivity index is 0. The van der Waals surface area contributed by atoms with Gasteiger partial charge in [0.2, 0.25) is 0 Å². The second kappa shape index (κ2) is 29.9. The van der Waals surface area contributed by atoms with Gasteiger partial charge in [-0.05, 0) is 6.42 Å². The van der Waals surface area contributed by atoms with Crippen LogP contribution in [-0.2, 0) is 9.47 Å². The number of rotatable bonds is 20. The summed E-state index contributed by atoms with van der Waals surface area (Å²) in [7, 11) is 0. The largest absolute Gasteiger partial charge is 0.394 e. The molecule has 0 fully saturated rings. The van der Waals surface area contributed by atoms with Crippen LogP contribution < -0.4 is 0 Å². The predicted octanol–water partition coefficient (Wildman–Crippen LogP) is 6.19. The van der Waals surface area contributed by atoms with E-state index in [0.717, 1.165) is 13.0 Å². The molecule has 0 aromatic rings. The van der Waals surface area contributed by atoms with Crippen molar-refractivity contribution in [3.05, 3.63) is 12.7 Å². The number of ether oxygens (including phenoxy) is 2. The summed E-state index contributed by atoms with van der Waals surface area (Å²) >= 11 is 0. The van der Waals surface area contributed by atoms with Crippen molar-refractivity contribution >= 4 is 0 Å². The summed E-state index contributed by atoms with van der Waals surface area (Å²) in [5.41, 5.74) is 0. The first-order valence-corrected chi connectivity index (χ1v) is 11.1. The lowest BCUT2D eigenvalue weighted by molar-refractivity contribution is 0.0321. The number of nitrogens with zero attached hydrogens (tertiary/aromatic N) is 1. The molecule has 0 aliphatic heterocycles. The molecule has 0 bridgehead atoms. The van der Waals surface area contributed by atoms with E-state index in [4.69, 9.17) is 19.8 Å². The zero-order chi connectivity index (χ0) is 20.3. The Morgan fingerprint density at radius 1 is 0.704 bits per heavy atom. The summed E-state index contributed by atoms with van der Waals surface area (Å²) in [6.07, 6.45) is 20.6. The number of aliphatic hydroxyl groups excluding tert-OH is 1. The van der Waals surface area contributed by atoms with E-state index >= 15 is 0 Å². The normalized spacial score (nSPS) is 10.1. The zero-order valence-corrected chi connectivity index (χ0v) is 17.9. The molecule has 0 spiro atoms. The molecule has 0 unspecified atom stereocenters. The Morgan fingerprint density at radius 2 is 1.07 bits per heavy atom. The van der Waals surface area contributed by atoms with Gasteiger partial charge < -0.3 is 14.6 Å². The third-order valence-electron chi connectivity index (χ3n) is 4.34. The SMILES string of the molecule is C=CC#N.CCCCCCCCCCCCCCCCOCCOCCO. The predicted molar refractivity (Wildman–Crippen MR) is 115 cm³/mol. The number of unbranched alkanes of at least 4 members (excludes halogenated alkanes) is 13. The van der Waals surface area contributed by atoms with Gasteiger partial charge in [0.15, 0.2) is 0 Å². The molecule has 0 aliphatic carbocycles. The molecule has 0 atom stereocenters. The quantitative estimate of drug-likeness (QED) is 0.201. The second-order valence-corrected chi connectivity index (χ2v) is 6.88. The minimum atomic E-state index is 0.0962. The second-order valence-electron chi connectivity index (χ2n) is 6.88. The molecule has 4 nitrogen and oxygen atoms in total. The molecular formula is C23H45NO3. The first-order valence-electron chi connectivity index (χ1n) is 11.1. The molecule has 0 aliphatic rings. The highest BCUT2D eigenvalue weighted by Gasteiger charge is 1.94. The van der Waals surface area contributed by atoms with Gasteiger partial charge in [-0.15, -0.1) is 0 Å². The van der Waals surface area contributed by atoms with Gasteiger partial charge in [-0.2, -0.15) is 5.26 Å². The summed E-state index contributed by atoms with van der Waals surface area (Å²) < 4.78 is 10.6. The Bertz CT molecular complexity index is 282. The van der Waals surface area contributed by atoms with Crippen LogP contribution >= 0.6 is 0 Å². The average Bonchev–Trinajstić information content (AvgIpc) is 2.70. The highest BCUT2D eigenvalue weighted by molar-refractivity contribution is 4.93. The van der Waals surface area contributed by atoms with Crippen LogP contribution in [0.5, 0.6) is 0 Å². The zero-order valence-electron chi connectivity index (χ0n) is 17.9. The number of aliphatic hydroxyl groups is 1. The van der Waals surface area contributed by atoms with Gasteiger partial charge >= 0.3 is 0 Å². The number of hydrogen-bond donors (Lipinski definition) is 1. The van der Waals surface area contributed by atoms with Crippen LogP contribution in [-0.4, -0.2) is 38.1 Å². The standard InChI is InChI=1S/C20H42O3.C3H3N/c1-2-3-4-5-6-7-8-9-10-11-12-13-14-15-17-22-19-20-23-18-16-21;1-2-3-4/h21H,2-20H2,1H3;2H,1H2. The minimum absolute atomic E-state index is 0.0962. The van der Waals surface area contributed by atoms with E-state index in [1.54, 1.807) is 6.07 Å². The van der Waals surface area contributed by atoms with Crippen molar-refractivity contribution in [2.24, 2.45) is 0 Å². The van der Waals surface area contributed by atoms with Crippen LogP contribution in [0.25, 0.3) is 0 Å². The minimum Gasteiger partial charge on any atom is -0.394 e. The Kier molecular flexibility index (Phi) is 31.3. The third-order valence-corrected chi connectivity index (χ3v) is 4.34. The van der Waals surface area contributed by atoms with Gasteiger partial charge in [0.05, 0.1) is 32.5 Å². The van der Waals surface area contributed by atoms with Gasteiger partial charge in [-0.25, -0.2) is 0 Å². The van der Waals surface area contributed by atoms with Crippen molar-refractivity contribution in [1.29, 1.82) is 5.26 Å². The lowest BCUT2D eigenvalue weighted by Gasteiger charge is -2.05. The summed E-state index contributed by atoms with van der Waals surface area (Å²) in [4.78, 5) is 0. The lowest BCUT2D eigenvalue weighted by atomic mass is 10.0. The first kappa shape index (κ1) is 28.3. The van der Waals surface area contributed by atoms with E-state index < -0.39 is 0 Å². The van der Waals surface area contributed by atoms with Crippen LogP contribution in [0.3, 0.4) is 0 Å². The number of allylic oxidation sites excluding steroid dienone is 1. The average molecular weight is 384 g/mol. The molecule has 4 heteroatoms. The van der Waals surface area contributed by atoms with E-state index in [9.17, 15) is 0 Å². The molecule has 0 amide bonds. The van der Waals surface area contributed by atoms with E-state index in [2.05, 4.69) is 13.5 Å². The van der Waals surface area contributed by atoms with Crippen molar-refractivity contribution in [2.75, 3.05) is 33.0 Å². The Morgan fingerprint density at radius 3 is 1.44 bits per heavy atom. The van der Waals surface area contributed by atoms with Crippen LogP contribution in [0, 0.1) is 11.3 Å². The fraction of sp³-hybridized carbons (Fsp3) is 0.870. The fourth-order valence-corrected chi connectivity index (χ4v) is 2.79. The van der Waals surface area contributed by atoms with Crippen molar-refractivity contribution in [1.82, 2.24) is 0 Å². The van der Waals surface area contributed by atoms with Crippen LogP contribution in [0.2, 0.25) is 0 Å². The third kappa shape index (κ3) is 33.2. The topological polar surface area (TPSA) is 62.5 Å². The summed E-state index contributed by atoms with van der Waals surface area (Å²) in [5, 5.41) is 16.1. The van der Waals surface area contributed by atoms with Gasteiger partial charge in [0.1, 0.15) is 0 Å². The first-order chi connectivity index (χ1) is 13.3. The van der Waals surface area contributed by atoms with Crippen molar-refractivity contribution < 1.29 is 14.6 Å². The molecule has 0 saturated carbocycles. The number of nitriles is 1. The molecule has 0 aromatic carbocycles. The molecule has 0 rings (SSSR count). The van der Waals surface area contributed by atoms with Crippen LogP contribution in [0.1, 0.15) is 96.8 Å². The van der Waals surface area contributed by atoms with E-state index in [-0.39, 0.29) is 6.61 Å². The maximum Gasteiger partial charge on any atom is 0.0905 e. The van der Waals surface area contributed by atoms with Crippen LogP contribution in [0.4, 0.5) is 0 Å². The molecule has 0 aromatic heterocycles. The van der Waals surface area contributed by atoms with Gasteiger partial charge in [-0.3, -0.25) is 0 Å². The summed E-state index contributed by atoms with van der Waals surface area (Å²) in [5.74, 6) is 0. The van der Waals surface area contributed by atoms with Gasteiger partial charge in [-0.1, -0.05) is 97.0 Å². The van der Waals surface area contributed by atoms with Crippen molar-refractivity contribution in [3.63, 3.8) is 0 Å². The van der Waals surface area contributed by atoms with E-state index in [1.165, 1.54) is 89.5 Å². The highest BCUT2D eigenvalue weighted by atomic mass is 16.5. The molecule has 27 heavy (non-hydrogen) atoms. The molecule has 1 N–H and O–H groups in total. The smallest absolute Gasteiger partial charge is 0.0905 e.